The summed E-state index contributed by atoms with van der Waals surface area (Å²) in [5.41, 5.74) is 0.524. The van der Waals surface area contributed by atoms with Crippen molar-refractivity contribution in [1.82, 2.24) is 5.32 Å². The molecule has 0 radical (unpaired) electrons. The molecular formula is C18H22N2O5. The average Bonchev–Trinajstić information content (AvgIpc) is 2.65. The Morgan fingerprint density at radius 3 is 2.16 bits per heavy atom. The standard InChI is InChI=1S/C18H22N2O5/c1-22-13-4-6-14(7-5-13)25-11-10-19-18(21)20-16-12-15(23-2)8-9-17(16)24-3/h4-9,12H,10-11H2,1-3H3,(H2,19,20,21). The zero-order valence-electron chi connectivity index (χ0n) is 14.5. The first-order valence-corrected chi connectivity index (χ1v) is 7.70. The summed E-state index contributed by atoms with van der Waals surface area (Å²) < 4.78 is 21.0. The maximum Gasteiger partial charge on any atom is 0.319 e. The van der Waals surface area contributed by atoms with Crippen molar-refractivity contribution in [1.29, 1.82) is 0 Å². The van der Waals surface area contributed by atoms with E-state index < -0.39 is 0 Å². The summed E-state index contributed by atoms with van der Waals surface area (Å²) in [5.74, 6) is 2.64. The molecule has 0 aliphatic carbocycles. The van der Waals surface area contributed by atoms with Crippen LogP contribution in [-0.2, 0) is 0 Å². The minimum Gasteiger partial charge on any atom is -0.497 e. The molecule has 0 aliphatic heterocycles. The van der Waals surface area contributed by atoms with Crippen LogP contribution in [0.25, 0.3) is 0 Å². The molecule has 0 bridgehead atoms. The predicted molar refractivity (Wildman–Crippen MR) is 95.1 cm³/mol. The molecule has 2 N–H and O–H groups in total. The van der Waals surface area contributed by atoms with E-state index in [-0.39, 0.29) is 6.03 Å². The number of anilines is 1. The number of hydrogen-bond acceptors (Lipinski definition) is 5. The van der Waals surface area contributed by atoms with Crippen LogP contribution in [0.3, 0.4) is 0 Å². The lowest BCUT2D eigenvalue weighted by molar-refractivity contribution is 0.247. The Kier molecular flexibility index (Phi) is 6.76. The second-order valence-corrected chi connectivity index (χ2v) is 4.97. The monoisotopic (exact) mass is 346 g/mol. The van der Waals surface area contributed by atoms with E-state index in [1.54, 1.807) is 44.6 Å². The molecule has 0 aliphatic rings. The van der Waals surface area contributed by atoms with Crippen LogP contribution in [0.4, 0.5) is 10.5 Å². The van der Waals surface area contributed by atoms with E-state index in [9.17, 15) is 4.79 Å². The Hall–Kier alpha value is -3.09. The molecule has 0 saturated heterocycles. The molecule has 2 rings (SSSR count). The summed E-state index contributed by atoms with van der Waals surface area (Å²) in [4.78, 5) is 12.0. The maximum absolute atomic E-state index is 12.0. The first-order chi connectivity index (χ1) is 12.2. The summed E-state index contributed by atoms with van der Waals surface area (Å²) in [6.07, 6.45) is 0. The number of hydrogen-bond donors (Lipinski definition) is 2. The van der Waals surface area contributed by atoms with Crippen LogP contribution in [0.2, 0.25) is 0 Å². The average molecular weight is 346 g/mol. The summed E-state index contributed by atoms with van der Waals surface area (Å²) >= 11 is 0. The zero-order chi connectivity index (χ0) is 18.1. The Bertz CT molecular complexity index is 688. The van der Waals surface area contributed by atoms with Crippen molar-refractivity contribution in [3.05, 3.63) is 42.5 Å². The molecule has 0 fully saturated rings. The van der Waals surface area contributed by atoms with Gasteiger partial charge >= 0.3 is 6.03 Å². The topological polar surface area (TPSA) is 78.1 Å². The number of benzene rings is 2. The van der Waals surface area contributed by atoms with E-state index in [1.165, 1.54) is 7.11 Å². The second-order valence-electron chi connectivity index (χ2n) is 4.97. The number of nitrogens with one attached hydrogen (secondary N) is 2. The predicted octanol–water partition coefficient (Wildman–Crippen LogP) is 2.91. The molecule has 0 saturated carbocycles. The molecule has 0 aromatic heterocycles. The van der Waals surface area contributed by atoms with Crippen LogP contribution >= 0.6 is 0 Å². The van der Waals surface area contributed by atoms with Gasteiger partial charge in [0, 0.05) is 6.07 Å². The van der Waals surface area contributed by atoms with Crippen LogP contribution in [0.5, 0.6) is 23.0 Å². The maximum atomic E-state index is 12.0. The highest BCUT2D eigenvalue weighted by Crippen LogP contribution is 2.28. The lowest BCUT2D eigenvalue weighted by Gasteiger charge is -2.13. The van der Waals surface area contributed by atoms with Gasteiger partial charge in [0.25, 0.3) is 0 Å². The Balaban J connectivity index is 1.78. The quantitative estimate of drug-likeness (QED) is 0.719. The minimum absolute atomic E-state index is 0.342. The zero-order valence-corrected chi connectivity index (χ0v) is 14.5. The number of rotatable bonds is 8. The van der Waals surface area contributed by atoms with E-state index >= 15 is 0 Å². The molecule has 7 heteroatoms. The van der Waals surface area contributed by atoms with Gasteiger partial charge in [0.2, 0.25) is 0 Å². The van der Waals surface area contributed by atoms with Crippen LogP contribution in [-0.4, -0.2) is 40.5 Å². The fraction of sp³-hybridized carbons (Fsp3) is 0.278. The Labute approximate surface area is 146 Å². The number of urea groups is 1. The molecule has 2 amide bonds. The third kappa shape index (κ3) is 5.49. The number of amides is 2. The van der Waals surface area contributed by atoms with E-state index in [4.69, 9.17) is 18.9 Å². The Morgan fingerprint density at radius 1 is 0.880 bits per heavy atom. The van der Waals surface area contributed by atoms with Crippen molar-refractivity contribution in [2.45, 2.75) is 0 Å². The molecule has 2 aromatic carbocycles. The van der Waals surface area contributed by atoms with E-state index in [0.29, 0.717) is 36.1 Å². The number of ether oxygens (including phenoxy) is 4. The van der Waals surface area contributed by atoms with E-state index in [1.807, 2.05) is 12.1 Å². The fourth-order valence-corrected chi connectivity index (χ4v) is 2.08. The van der Waals surface area contributed by atoms with Gasteiger partial charge in [-0.05, 0) is 36.4 Å². The summed E-state index contributed by atoms with van der Waals surface area (Å²) in [6.45, 7) is 0.694. The van der Waals surface area contributed by atoms with Gasteiger partial charge in [0.15, 0.2) is 0 Å². The SMILES string of the molecule is COc1ccc(OCCNC(=O)Nc2cc(OC)ccc2OC)cc1. The van der Waals surface area contributed by atoms with Gasteiger partial charge in [-0.1, -0.05) is 0 Å². The van der Waals surface area contributed by atoms with Crippen LogP contribution in [0, 0.1) is 0 Å². The molecule has 0 unspecified atom stereocenters. The third-order valence-electron chi connectivity index (χ3n) is 3.37. The molecule has 2 aromatic rings. The van der Waals surface area contributed by atoms with Crippen molar-refractivity contribution in [2.24, 2.45) is 0 Å². The van der Waals surface area contributed by atoms with Gasteiger partial charge in [-0.15, -0.1) is 0 Å². The number of carbonyl (C=O) groups excluding carboxylic acids is 1. The lowest BCUT2D eigenvalue weighted by atomic mass is 10.2. The minimum atomic E-state index is -0.357. The van der Waals surface area contributed by atoms with Crippen LogP contribution in [0.15, 0.2) is 42.5 Å². The van der Waals surface area contributed by atoms with Crippen molar-refractivity contribution in [3.63, 3.8) is 0 Å². The first kappa shape index (κ1) is 18.3. The lowest BCUT2D eigenvalue weighted by Crippen LogP contribution is -2.32. The summed E-state index contributed by atoms with van der Waals surface area (Å²) in [6, 6.07) is 12.0. The highest BCUT2D eigenvalue weighted by Gasteiger charge is 2.08. The number of methoxy groups -OCH3 is 3. The van der Waals surface area contributed by atoms with Crippen LogP contribution < -0.4 is 29.6 Å². The Morgan fingerprint density at radius 2 is 1.52 bits per heavy atom. The smallest absolute Gasteiger partial charge is 0.319 e. The van der Waals surface area contributed by atoms with E-state index in [2.05, 4.69) is 10.6 Å². The van der Waals surface area contributed by atoms with Gasteiger partial charge in [-0.25, -0.2) is 4.79 Å². The van der Waals surface area contributed by atoms with Gasteiger partial charge in [0.05, 0.1) is 33.6 Å². The molecule has 7 nitrogen and oxygen atoms in total. The van der Waals surface area contributed by atoms with Gasteiger partial charge in [0.1, 0.15) is 29.6 Å². The second kappa shape index (κ2) is 9.27. The van der Waals surface area contributed by atoms with E-state index in [0.717, 1.165) is 5.75 Å². The molecule has 0 heterocycles. The molecule has 0 atom stereocenters. The molecule has 25 heavy (non-hydrogen) atoms. The normalized spacial score (nSPS) is 9.88. The van der Waals surface area contributed by atoms with Gasteiger partial charge < -0.3 is 29.6 Å². The molecular weight excluding hydrogens is 324 g/mol. The van der Waals surface area contributed by atoms with Gasteiger partial charge in [-0.3, -0.25) is 0 Å². The molecule has 0 spiro atoms. The summed E-state index contributed by atoms with van der Waals surface area (Å²) in [7, 11) is 4.70. The summed E-state index contributed by atoms with van der Waals surface area (Å²) in [5, 5.41) is 5.44. The third-order valence-corrected chi connectivity index (χ3v) is 3.37. The van der Waals surface area contributed by atoms with Crippen molar-refractivity contribution in [2.75, 3.05) is 39.8 Å². The highest BCUT2D eigenvalue weighted by atomic mass is 16.5. The van der Waals surface area contributed by atoms with Gasteiger partial charge in [-0.2, -0.15) is 0 Å². The van der Waals surface area contributed by atoms with Crippen molar-refractivity contribution >= 4 is 11.7 Å². The van der Waals surface area contributed by atoms with Crippen molar-refractivity contribution in [3.8, 4) is 23.0 Å². The number of carbonyl (C=O) groups is 1. The largest absolute Gasteiger partial charge is 0.497 e. The van der Waals surface area contributed by atoms with Crippen LogP contribution in [0.1, 0.15) is 0 Å². The van der Waals surface area contributed by atoms with Crippen molar-refractivity contribution < 1.29 is 23.7 Å². The first-order valence-electron chi connectivity index (χ1n) is 7.70. The fourth-order valence-electron chi connectivity index (χ4n) is 2.08. The molecule has 134 valence electrons. The highest BCUT2D eigenvalue weighted by molar-refractivity contribution is 5.91.